The molecular formula is C24H32ClNO3. The van der Waals surface area contributed by atoms with Crippen LogP contribution >= 0.6 is 0 Å². The Hall–Kier alpha value is -1.88. The summed E-state index contributed by atoms with van der Waals surface area (Å²) in [5.41, 5.74) is 2.01. The van der Waals surface area contributed by atoms with Gasteiger partial charge in [0.2, 0.25) is 0 Å². The van der Waals surface area contributed by atoms with Gasteiger partial charge in [-0.25, -0.2) is 4.79 Å². The van der Waals surface area contributed by atoms with E-state index in [4.69, 9.17) is 9.47 Å². The van der Waals surface area contributed by atoms with Gasteiger partial charge in [-0.3, -0.25) is 0 Å². The molecule has 158 valence electrons. The van der Waals surface area contributed by atoms with Crippen molar-refractivity contribution in [1.82, 2.24) is 0 Å². The number of halogens is 1. The molecule has 0 unspecified atom stereocenters. The zero-order valence-corrected chi connectivity index (χ0v) is 18.4. The van der Waals surface area contributed by atoms with Crippen molar-refractivity contribution in [2.45, 2.75) is 31.3 Å². The number of carbonyl (C=O) groups is 1. The van der Waals surface area contributed by atoms with E-state index in [0.29, 0.717) is 6.61 Å². The number of piperidine rings is 1. The second-order valence-electron chi connectivity index (χ2n) is 8.63. The van der Waals surface area contributed by atoms with Crippen LogP contribution in [-0.4, -0.2) is 57.0 Å². The summed E-state index contributed by atoms with van der Waals surface area (Å²) in [7, 11) is 4.43. The molecule has 1 aliphatic rings. The average Bonchev–Trinajstić information content (AvgIpc) is 2.71. The van der Waals surface area contributed by atoms with Crippen LogP contribution in [0.3, 0.4) is 0 Å². The van der Waals surface area contributed by atoms with Gasteiger partial charge in [0, 0.05) is 18.3 Å². The van der Waals surface area contributed by atoms with Crippen molar-refractivity contribution in [3.63, 3.8) is 0 Å². The Bertz CT molecular complexity index is 715. The number of benzene rings is 2. The van der Waals surface area contributed by atoms with Gasteiger partial charge in [0.1, 0.15) is 12.7 Å². The zero-order chi connectivity index (χ0) is 20.0. The topological polar surface area (TPSA) is 35.5 Å². The van der Waals surface area contributed by atoms with Crippen LogP contribution in [0.2, 0.25) is 0 Å². The Morgan fingerprint density at radius 2 is 1.45 bits per heavy atom. The van der Waals surface area contributed by atoms with E-state index in [-0.39, 0.29) is 36.5 Å². The highest BCUT2D eigenvalue weighted by Gasteiger charge is 2.31. The monoisotopic (exact) mass is 417 g/mol. The van der Waals surface area contributed by atoms with E-state index in [1.54, 1.807) is 0 Å². The van der Waals surface area contributed by atoms with Crippen molar-refractivity contribution in [1.29, 1.82) is 0 Å². The van der Waals surface area contributed by atoms with Crippen LogP contribution in [0, 0.1) is 0 Å². The van der Waals surface area contributed by atoms with Crippen LogP contribution in [-0.2, 0) is 19.7 Å². The third kappa shape index (κ3) is 6.30. The Morgan fingerprint density at radius 3 is 1.93 bits per heavy atom. The number of esters is 1. The van der Waals surface area contributed by atoms with Crippen molar-refractivity contribution >= 4 is 5.97 Å². The number of quaternary nitrogens is 1. The van der Waals surface area contributed by atoms with E-state index in [1.807, 2.05) is 36.4 Å². The third-order valence-corrected chi connectivity index (χ3v) is 5.84. The number of ether oxygens (including phenoxy) is 2. The fourth-order valence-corrected chi connectivity index (χ4v) is 3.86. The minimum absolute atomic E-state index is 0. The van der Waals surface area contributed by atoms with Crippen molar-refractivity contribution in [3.8, 4) is 0 Å². The van der Waals surface area contributed by atoms with Crippen molar-refractivity contribution in [3.05, 3.63) is 71.8 Å². The molecule has 0 saturated carbocycles. The molecular weight excluding hydrogens is 386 g/mol. The standard InChI is InChI=1S/C24H32NO3.ClH/c1-24(20-10-6-4-7-11-20,21-12-8-5-9-13-21)19-27-18-23(26)28-22-14-16-25(2,3)17-15-22;/h4-13,22H,14-19H2,1-3H3;1H/q+1;/p-1. The molecule has 1 saturated heterocycles. The highest BCUT2D eigenvalue weighted by atomic mass is 35.5. The molecule has 4 nitrogen and oxygen atoms in total. The van der Waals surface area contributed by atoms with Crippen LogP contribution < -0.4 is 12.4 Å². The molecule has 2 aromatic rings. The maximum absolute atomic E-state index is 12.3. The summed E-state index contributed by atoms with van der Waals surface area (Å²) < 4.78 is 12.5. The average molecular weight is 418 g/mol. The summed E-state index contributed by atoms with van der Waals surface area (Å²) in [6.07, 6.45) is 1.87. The second kappa shape index (κ2) is 10.2. The first-order chi connectivity index (χ1) is 13.4. The first-order valence-electron chi connectivity index (χ1n) is 10.1. The van der Waals surface area contributed by atoms with Gasteiger partial charge in [-0.05, 0) is 18.1 Å². The minimum Gasteiger partial charge on any atom is -1.00 e. The zero-order valence-electron chi connectivity index (χ0n) is 17.6. The first-order valence-corrected chi connectivity index (χ1v) is 10.1. The molecule has 1 fully saturated rings. The third-order valence-electron chi connectivity index (χ3n) is 5.84. The predicted octanol–water partition coefficient (Wildman–Crippen LogP) is 0.795. The quantitative estimate of drug-likeness (QED) is 0.493. The molecule has 1 aliphatic heterocycles. The van der Waals surface area contributed by atoms with Crippen LogP contribution in [0.5, 0.6) is 0 Å². The van der Waals surface area contributed by atoms with Crippen LogP contribution in [0.4, 0.5) is 0 Å². The van der Waals surface area contributed by atoms with Gasteiger partial charge in [-0.2, -0.15) is 0 Å². The predicted molar refractivity (Wildman–Crippen MR) is 111 cm³/mol. The van der Waals surface area contributed by atoms with E-state index in [0.717, 1.165) is 30.4 Å². The Labute approximate surface area is 180 Å². The molecule has 1 heterocycles. The Balaban J connectivity index is 0.00000300. The van der Waals surface area contributed by atoms with E-state index < -0.39 is 0 Å². The summed E-state index contributed by atoms with van der Waals surface area (Å²) in [4.78, 5) is 12.3. The summed E-state index contributed by atoms with van der Waals surface area (Å²) in [6.45, 7) is 4.65. The molecule has 0 aromatic heterocycles. The highest BCUT2D eigenvalue weighted by molar-refractivity contribution is 5.70. The van der Waals surface area contributed by atoms with Gasteiger partial charge in [-0.15, -0.1) is 0 Å². The fourth-order valence-electron chi connectivity index (χ4n) is 3.86. The largest absolute Gasteiger partial charge is 1.00 e. The molecule has 29 heavy (non-hydrogen) atoms. The van der Waals surface area contributed by atoms with Crippen molar-refractivity contribution in [2.75, 3.05) is 40.4 Å². The number of hydrogen-bond donors (Lipinski definition) is 0. The van der Waals surface area contributed by atoms with E-state index in [9.17, 15) is 4.79 Å². The molecule has 0 amide bonds. The highest BCUT2D eigenvalue weighted by Crippen LogP contribution is 2.32. The molecule has 0 bridgehead atoms. The number of carbonyl (C=O) groups excluding carboxylic acids is 1. The Kier molecular flexibility index (Phi) is 8.26. The lowest BCUT2D eigenvalue weighted by Crippen LogP contribution is -3.00. The molecule has 5 heteroatoms. The summed E-state index contributed by atoms with van der Waals surface area (Å²) in [6, 6.07) is 20.6. The van der Waals surface area contributed by atoms with Gasteiger partial charge < -0.3 is 26.4 Å². The maximum Gasteiger partial charge on any atom is 0.332 e. The van der Waals surface area contributed by atoms with Gasteiger partial charge in [-0.1, -0.05) is 60.7 Å². The number of nitrogens with zero attached hydrogens (tertiary/aromatic N) is 1. The van der Waals surface area contributed by atoms with E-state index in [1.165, 1.54) is 11.1 Å². The maximum atomic E-state index is 12.3. The normalized spacial score (nSPS) is 16.7. The molecule has 0 radical (unpaired) electrons. The fraction of sp³-hybridized carbons (Fsp3) is 0.458. The molecule has 0 N–H and O–H groups in total. The van der Waals surface area contributed by atoms with Crippen LogP contribution in [0.15, 0.2) is 60.7 Å². The number of rotatable bonds is 7. The van der Waals surface area contributed by atoms with Crippen molar-refractivity contribution < 1.29 is 31.2 Å². The lowest BCUT2D eigenvalue weighted by molar-refractivity contribution is -0.896. The van der Waals surface area contributed by atoms with E-state index in [2.05, 4.69) is 45.3 Å². The molecule has 0 aliphatic carbocycles. The van der Waals surface area contributed by atoms with Crippen LogP contribution in [0.1, 0.15) is 30.9 Å². The van der Waals surface area contributed by atoms with Gasteiger partial charge in [0.25, 0.3) is 0 Å². The van der Waals surface area contributed by atoms with Gasteiger partial charge in [0.15, 0.2) is 0 Å². The molecule has 0 spiro atoms. The molecule has 2 aromatic carbocycles. The minimum atomic E-state index is -0.324. The first kappa shape index (κ1) is 23.4. The van der Waals surface area contributed by atoms with Gasteiger partial charge >= 0.3 is 5.97 Å². The molecule has 3 rings (SSSR count). The lowest BCUT2D eigenvalue weighted by Gasteiger charge is -2.36. The Morgan fingerprint density at radius 1 is 0.966 bits per heavy atom. The van der Waals surface area contributed by atoms with Crippen LogP contribution in [0.25, 0.3) is 0 Å². The molecule has 0 atom stereocenters. The number of likely N-dealkylation sites (tertiary alicyclic amines) is 1. The lowest BCUT2D eigenvalue weighted by atomic mass is 9.77. The summed E-state index contributed by atoms with van der Waals surface area (Å²) in [5.74, 6) is -0.263. The summed E-state index contributed by atoms with van der Waals surface area (Å²) >= 11 is 0. The van der Waals surface area contributed by atoms with E-state index >= 15 is 0 Å². The second-order valence-corrected chi connectivity index (χ2v) is 8.63. The summed E-state index contributed by atoms with van der Waals surface area (Å²) in [5, 5.41) is 0. The van der Waals surface area contributed by atoms with Gasteiger partial charge in [0.05, 0.1) is 33.8 Å². The van der Waals surface area contributed by atoms with Crippen molar-refractivity contribution in [2.24, 2.45) is 0 Å². The number of hydrogen-bond acceptors (Lipinski definition) is 3. The SMILES string of the molecule is CC(COCC(=O)OC1CC[N+](C)(C)CC1)(c1ccccc1)c1ccccc1.[Cl-]. The smallest absolute Gasteiger partial charge is 0.332 e.